The van der Waals surface area contributed by atoms with Gasteiger partial charge in [0.1, 0.15) is 12.7 Å². The zero-order chi connectivity index (χ0) is 21.3. The summed E-state index contributed by atoms with van der Waals surface area (Å²) in [6.07, 6.45) is 3.03. The average Bonchev–Trinajstić information content (AvgIpc) is 2.85. The van der Waals surface area contributed by atoms with E-state index in [0.717, 1.165) is 52.4 Å². The highest BCUT2D eigenvalue weighted by molar-refractivity contribution is 5.47. The first kappa shape index (κ1) is 21.3. The Labute approximate surface area is 180 Å². The maximum atomic E-state index is 8.83. The minimum absolute atomic E-state index is 0.0135. The van der Waals surface area contributed by atoms with Gasteiger partial charge in [-0.2, -0.15) is 15.0 Å². The molecular weight excluding hydrogens is 402 g/mol. The summed E-state index contributed by atoms with van der Waals surface area (Å²) in [6.45, 7) is 7.95. The van der Waals surface area contributed by atoms with Crippen LogP contribution in [0.2, 0.25) is 0 Å². The molecule has 0 saturated carbocycles. The maximum Gasteiger partial charge on any atom is 0.232 e. The van der Waals surface area contributed by atoms with E-state index in [0.29, 0.717) is 43.6 Å². The van der Waals surface area contributed by atoms with Crippen molar-refractivity contribution in [3.8, 4) is 0 Å². The lowest BCUT2D eigenvalue weighted by Gasteiger charge is -2.35. The van der Waals surface area contributed by atoms with Crippen LogP contribution in [0.3, 0.4) is 0 Å². The van der Waals surface area contributed by atoms with E-state index < -0.39 is 0 Å². The van der Waals surface area contributed by atoms with Gasteiger partial charge in [0, 0.05) is 58.9 Å². The number of nitrogens with zero attached hydrogens (tertiary/aromatic N) is 9. The van der Waals surface area contributed by atoms with Crippen LogP contribution in [0, 0.1) is 0 Å². The lowest BCUT2D eigenvalue weighted by atomic mass is 10.3. The highest BCUT2D eigenvalue weighted by Gasteiger charge is 2.23. The number of nitrogens with one attached hydrogen (secondary N) is 2. The number of hydrogen-bond acceptors (Lipinski definition) is 13. The molecule has 0 aromatic carbocycles. The molecule has 13 heteroatoms. The van der Waals surface area contributed by atoms with Crippen molar-refractivity contribution in [1.29, 1.82) is 0 Å². The second kappa shape index (κ2) is 10.9. The van der Waals surface area contributed by atoms with Gasteiger partial charge in [-0.05, 0) is 0 Å². The van der Waals surface area contributed by atoms with Gasteiger partial charge in [0.2, 0.25) is 23.8 Å². The van der Waals surface area contributed by atoms with Gasteiger partial charge in [-0.1, -0.05) is 0 Å². The average molecular weight is 432 g/mol. The Balaban J connectivity index is 1.44. The topological polar surface area (TPSA) is 141 Å². The molecule has 168 valence electrons. The van der Waals surface area contributed by atoms with E-state index in [4.69, 9.17) is 14.8 Å². The van der Waals surface area contributed by atoms with Crippen LogP contribution < -0.4 is 25.3 Å². The molecule has 2 aromatic rings. The first-order valence-electron chi connectivity index (χ1n) is 10.6. The summed E-state index contributed by atoms with van der Waals surface area (Å²) < 4.78 is 5.32. The Morgan fingerprint density at radius 3 is 2.10 bits per heavy atom. The van der Waals surface area contributed by atoms with E-state index in [2.05, 4.69) is 50.3 Å². The van der Waals surface area contributed by atoms with Crippen molar-refractivity contribution in [3.05, 3.63) is 12.7 Å². The molecule has 0 unspecified atom stereocenters. The second-order valence-electron chi connectivity index (χ2n) is 7.17. The number of anilines is 4. The van der Waals surface area contributed by atoms with Gasteiger partial charge in [0.25, 0.3) is 0 Å². The molecule has 4 heterocycles. The van der Waals surface area contributed by atoms with Gasteiger partial charge in [-0.25, -0.2) is 15.0 Å². The smallest absolute Gasteiger partial charge is 0.232 e. The molecule has 4 rings (SSSR count). The van der Waals surface area contributed by atoms with Crippen molar-refractivity contribution in [2.45, 2.75) is 0 Å². The highest BCUT2D eigenvalue weighted by Crippen LogP contribution is 2.19. The summed E-state index contributed by atoms with van der Waals surface area (Å²) in [5.41, 5.74) is 0. The Morgan fingerprint density at radius 1 is 0.839 bits per heavy atom. The first-order valence-corrected chi connectivity index (χ1v) is 10.6. The molecule has 0 spiro atoms. The van der Waals surface area contributed by atoms with E-state index in [9.17, 15) is 0 Å². The minimum atomic E-state index is 0.0135. The zero-order valence-corrected chi connectivity index (χ0v) is 17.5. The number of piperazine rings is 2. The third-order valence-corrected chi connectivity index (χ3v) is 5.10. The number of rotatable bonds is 9. The van der Waals surface area contributed by atoms with Crippen LogP contribution >= 0.6 is 0 Å². The van der Waals surface area contributed by atoms with E-state index in [1.165, 1.54) is 12.7 Å². The molecule has 0 bridgehead atoms. The van der Waals surface area contributed by atoms with Crippen LogP contribution in [-0.4, -0.2) is 114 Å². The van der Waals surface area contributed by atoms with Crippen LogP contribution in [0.25, 0.3) is 0 Å². The molecule has 2 fully saturated rings. The number of hydrogen-bond donors (Lipinski definition) is 3. The molecule has 13 nitrogen and oxygen atoms in total. The summed E-state index contributed by atoms with van der Waals surface area (Å²) in [7, 11) is 0. The number of aliphatic hydroxyl groups is 1. The fraction of sp³-hybridized carbons (Fsp3) is 0.667. The number of ether oxygens (including phenoxy) is 1. The summed E-state index contributed by atoms with van der Waals surface area (Å²) >= 11 is 0. The van der Waals surface area contributed by atoms with Crippen LogP contribution in [0.15, 0.2) is 12.7 Å². The normalized spacial score (nSPS) is 17.1. The number of aliphatic hydroxyl groups excluding tert-OH is 1. The van der Waals surface area contributed by atoms with Gasteiger partial charge < -0.3 is 35.2 Å². The lowest BCUT2D eigenvalue weighted by molar-refractivity contribution is 0.0991. The van der Waals surface area contributed by atoms with Crippen molar-refractivity contribution in [3.63, 3.8) is 0 Å². The van der Waals surface area contributed by atoms with Crippen LogP contribution in [-0.2, 0) is 4.74 Å². The molecule has 31 heavy (non-hydrogen) atoms. The van der Waals surface area contributed by atoms with E-state index in [1.807, 2.05) is 0 Å². The molecule has 0 aliphatic carbocycles. The molecule has 2 aliphatic rings. The van der Waals surface area contributed by atoms with Crippen LogP contribution in [0.5, 0.6) is 0 Å². The monoisotopic (exact) mass is 431 g/mol. The van der Waals surface area contributed by atoms with E-state index in [1.54, 1.807) is 0 Å². The fourth-order valence-electron chi connectivity index (χ4n) is 3.49. The Morgan fingerprint density at radius 2 is 1.45 bits per heavy atom. The van der Waals surface area contributed by atoms with Crippen molar-refractivity contribution in [2.24, 2.45) is 0 Å². The fourth-order valence-corrected chi connectivity index (χ4v) is 3.49. The first-order chi connectivity index (χ1) is 15.3. The Hall–Kier alpha value is -2.90. The highest BCUT2D eigenvalue weighted by atomic mass is 16.5. The zero-order valence-electron chi connectivity index (χ0n) is 17.5. The quantitative estimate of drug-likeness (QED) is 0.385. The van der Waals surface area contributed by atoms with Gasteiger partial charge in [0.15, 0.2) is 0 Å². The summed E-state index contributed by atoms with van der Waals surface area (Å²) in [5.74, 6) is 2.57. The van der Waals surface area contributed by atoms with Gasteiger partial charge in [-0.3, -0.25) is 0 Å². The molecular formula is C18H29N11O2. The van der Waals surface area contributed by atoms with Crippen LogP contribution in [0.1, 0.15) is 0 Å². The van der Waals surface area contributed by atoms with Crippen molar-refractivity contribution >= 4 is 23.8 Å². The minimum Gasteiger partial charge on any atom is -0.394 e. The summed E-state index contributed by atoms with van der Waals surface area (Å²) in [5, 5.41) is 15.4. The Bertz CT molecular complexity index is 798. The second-order valence-corrected chi connectivity index (χ2v) is 7.17. The molecule has 3 N–H and O–H groups in total. The largest absolute Gasteiger partial charge is 0.394 e. The van der Waals surface area contributed by atoms with Crippen molar-refractivity contribution in [1.82, 2.24) is 35.2 Å². The summed E-state index contributed by atoms with van der Waals surface area (Å²) in [6, 6.07) is 0. The van der Waals surface area contributed by atoms with Gasteiger partial charge in [-0.15, -0.1) is 0 Å². The molecule has 2 aliphatic heterocycles. The molecule has 0 amide bonds. The third-order valence-electron chi connectivity index (χ3n) is 5.10. The Kier molecular flexibility index (Phi) is 7.52. The lowest BCUT2D eigenvalue weighted by Crippen LogP contribution is -2.48. The predicted molar refractivity (Wildman–Crippen MR) is 116 cm³/mol. The predicted octanol–water partition coefficient (Wildman–Crippen LogP) is -1.79. The van der Waals surface area contributed by atoms with Crippen LogP contribution in [0.4, 0.5) is 23.8 Å². The molecule has 0 radical (unpaired) electrons. The third kappa shape index (κ3) is 5.83. The van der Waals surface area contributed by atoms with Crippen molar-refractivity contribution in [2.75, 3.05) is 98.7 Å². The molecule has 0 atom stereocenters. The standard InChI is InChI=1S/C18H29N11O2/c30-10-12-31-11-3-21-15-24-17(27-4-1-19-2-5-27)26-18(25-15)29-8-6-28(7-9-29)16-22-13-20-14-23-16/h13-14,19,30H,1-12H2,(H,21,24,25,26). The molecule has 2 saturated heterocycles. The SMILES string of the molecule is OCCOCCNc1nc(N2CCNCC2)nc(N2CCN(c3ncncn3)CC2)n1. The van der Waals surface area contributed by atoms with Gasteiger partial charge in [0.05, 0.1) is 19.8 Å². The number of aromatic nitrogens is 6. The van der Waals surface area contributed by atoms with Gasteiger partial charge >= 0.3 is 0 Å². The van der Waals surface area contributed by atoms with E-state index in [-0.39, 0.29) is 6.61 Å². The molecule has 2 aromatic heterocycles. The van der Waals surface area contributed by atoms with Crippen molar-refractivity contribution < 1.29 is 9.84 Å². The summed E-state index contributed by atoms with van der Waals surface area (Å²) in [4.78, 5) is 32.9. The van der Waals surface area contributed by atoms with E-state index >= 15 is 0 Å². The maximum absolute atomic E-state index is 8.83.